The fraction of sp³-hybridized carbons (Fsp3) is 0.261. The van der Waals surface area contributed by atoms with Gasteiger partial charge in [-0.1, -0.05) is 41.9 Å². The number of halogens is 1. The third kappa shape index (κ3) is 4.82. The normalized spacial score (nSPS) is 17.4. The first kappa shape index (κ1) is 19.2. The Kier molecular flexibility index (Phi) is 6.10. The van der Waals surface area contributed by atoms with E-state index in [2.05, 4.69) is 52.0 Å². The van der Waals surface area contributed by atoms with E-state index >= 15 is 0 Å². The highest BCUT2D eigenvalue weighted by molar-refractivity contribution is 7.13. The molecule has 1 aromatic heterocycles. The van der Waals surface area contributed by atoms with Crippen LogP contribution in [0.1, 0.15) is 18.4 Å². The van der Waals surface area contributed by atoms with Gasteiger partial charge in [0.15, 0.2) is 0 Å². The molecule has 0 aliphatic carbocycles. The molecule has 2 heterocycles. The standard InChI is InChI=1S/C23H23ClN2OS/c24-20-8-2-9-21(14-20)25-23(27)19-7-3-11-26(16-19)15-17-5-1-6-18(13-17)22-10-4-12-28-22/h1-2,4-6,8-10,12-14,19H,3,7,11,15-16H2,(H,25,27). The molecular formula is C23H23ClN2OS. The number of piperidine rings is 1. The van der Waals surface area contributed by atoms with Crippen molar-refractivity contribution in [1.82, 2.24) is 4.90 Å². The van der Waals surface area contributed by atoms with Crippen LogP contribution >= 0.6 is 22.9 Å². The second kappa shape index (κ2) is 8.91. The lowest BCUT2D eigenvalue weighted by atomic mass is 9.96. The van der Waals surface area contributed by atoms with Crippen LogP contribution in [0.25, 0.3) is 10.4 Å². The summed E-state index contributed by atoms with van der Waals surface area (Å²) >= 11 is 7.78. The summed E-state index contributed by atoms with van der Waals surface area (Å²) in [4.78, 5) is 16.4. The number of nitrogens with zero attached hydrogens (tertiary/aromatic N) is 1. The predicted octanol–water partition coefficient (Wildman–Crippen LogP) is 5.92. The molecule has 1 saturated heterocycles. The lowest BCUT2D eigenvalue weighted by molar-refractivity contribution is -0.121. The van der Waals surface area contributed by atoms with E-state index in [4.69, 9.17) is 11.6 Å². The maximum Gasteiger partial charge on any atom is 0.228 e. The van der Waals surface area contributed by atoms with Gasteiger partial charge in [0.25, 0.3) is 0 Å². The summed E-state index contributed by atoms with van der Waals surface area (Å²) in [5.41, 5.74) is 3.32. The number of anilines is 1. The smallest absolute Gasteiger partial charge is 0.228 e. The van der Waals surface area contributed by atoms with E-state index in [1.807, 2.05) is 18.2 Å². The summed E-state index contributed by atoms with van der Waals surface area (Å²) in [5, 5.41) is 5.76. The van der Waals surface area contributed by atoms with Crippen molar-refractivity contribution in [1.29, 1.82) is 0 Å². The van der Waals surface area contributed by atoms with Gasteiger partial charge in [-0.05, 0) is 66.2 Å². The number of thiophene rings is 1. The van der Waals surface area contributed by atoms with E-state index in [0.717, 1.165) is 38.2 Å². The SMILES string of the molecule is O=C(Nc1cccc(Cl)c1)C1CCCN(Cc2cccc(-c3cccs3)c2)C1. The van der Waals surface area contributed by atoms with Crippen LogP contribution in [0.5, 0.6) is 0 Å². The van der Waals surface area contributed by atoms with Gasteiger partial charge in [0.2, 0.25) is 5.91 Å². The molecule has 1 amide bonds. The summed E-state index contributed by atoms with van der Waals surface area (Å²) in [7, 11) is 0. The zero-order chi connectivity index (χ0) is 19.3. The van der Waals surface area contributed by atoms with E-state index in [1.165, 1.54) is 16.0 Å². The van der Waals surface area contributed by atoms with Gasteiger partial charge in [0.05, 0.1) is 5.92 Å². The molecule has 0 bridgehead atoms. The van der Waals surface area contributed by atoms with E-state index in [-0.39, 0.29) is 11.8 Å². The lowest BCUT2D eigenvalue weighted by Crippen LogP contribution is -2.40. The predicted molar refractivity (Wildman–Crippen MR) is 118 cm³/mol. The van der Waals surface area contributed by atoms with Crippen molar-refractivity contribution in [2.75, 3.05) is 18.4 Å². The van der Waals surface area contributed by atoms with Gasteiger partial charge >= 0.3 is 0 Å². The summed E-state index contributed by atoms with van der Waals surface area (Å²) in [5.74, 6) is 0.0903. The summed E-state index contributed by atoms with van der Waals surface area (Å²) < 4.78 is 0. The number of hydrogen-bond acceptors (Lipinski definition) is 3. The Balaban J connectivity index is 1.39. The third-order valence-corrected chi connectivity index (χ3v) is 6.26. The molecule has 1 unspecified atom stereocenters. The number of rotatable bonds is 5. The van der Waals surface area contributed by atoms with Gasteiger partial charge in [0.1, 0.15) is 0 Å². The molecule has 144 valence electrons. The van der Waals surface area contributed by atoms with Gasteiger partial charge < -0.3 is 5.32 Å². The Morgan fingerprint density at radius 1 is 1.14 bits per heavy atom. The number of likely N-dealkylation sites (tertiary alicyclic amines) is 1. The second-order valence-electron chi connectivity index (χ2n) is 7.25. The molecule has 4 rings (SSSR count). The quantitative estimate of drug-likeness (QED) is 0.566. The molecule has 0 radical (unpaired) electrons. The third-order valence-electron chi connectivity index (χ3n) is 5.11. The van der Waals surface area contributed by atoms with Crippen LogP contribution in [0, 0.1) is 5.92 Å². The minimum atomic E-state index is 0.00760. The van der Waals surface area contributed by atoms with Crippen LogP contribution in [0.2, 0.25) is 5.02 Å². The van der Waals surface area contributed by atoms with Crippen molar-refractivity contribution in [3.8, 4) is 10.4 Å². The summed E-state index contributed by atoms with van der Waals surface area (Å²) in [6.45, 7) is 2.69. The number of hydrogen-bond donors (Lipinski definition) is 1. The van der Waals surface area contributed by atoms with Gasteiger partial charge in [-0.15, -0.1) is 11.3 Å². The lowest BCUT2D eigenvalue weighted by Gasteiger charge is -2.32. The Labute approximate surface area is 175 Å². The van der Waals surface area contributed by atoms with Crippen molar-refractivity contribution in [2.24, 2.45) is 5.92 Å². The molecule has 0 saturated carbocycles. The first-order valence-electron chi connectivity index (χ1n) is 9.59. The van der Waals surface area contributed by atoms with Gasteiger partial charge in [-0.25, -0.2) is 0 Å². The van der Waals surface area contributed by atoms with E-state index in [1.54, 1.807) is 17.4 Å². The number of amides is 1. The maximum atomic E-state index is 12.7. The molecule has 1 fully saturated rings. The Bertz CT molecular complexity index is 941. The van der Waals surface area contributed by atoms with Crippen molar-refractivity contribution in [3.05, 3.63) is 76.6 Å². The highest BCUT2D eigenvalue weighted by Crippen LogP contribution is 2.27. The molecule has 2 aromatic carbocycles. The molecule has 3 nitrogen and oxygen atoms in total. The zero-order valence-corrected chi connectivity index (χ0v) is 17.2. The molecule has 28 heavy (non-hydrogen) atoms. The number of carbonyl (C=O) groups is 1. The second-order valence-corrected chi connectivity index (χ2v) is 8.64. The number of benzene rings is 2. The van der Waals surface area contributed by atoms with Gasteiger partial charge in [-0.2, -0.15) is 0 Å². The van der Waals surface area contributed by atoms with Crippen molar-refractivity contribution in [3.63, 3.8) is 0 Å². The van der Waals surface area contributed by atoms with Crippen LogP contribution in [0.4, 0.5) is 5.69 Å². The van der Waals surface area contributed by atoms with Crippen LogP contribution in [-0.2, 0) is 11.3 Å². The van der Waals surface area contributed by atoms with Crippen molar-refractivity contribution >= 4 is 34.5 Å². The number of carbonyl (C=O) groups excluding carboxylic acids is 1. The maximum absolute atomic E-state index is 12.7. The first-order chi connectivity index (χ1) is 13.7. The van der Waals surface area contributed by atoms with Crippen LogP contribution in [0.3, 0.4) is 0 Å². The van der Waals surface area contributed by atoms with Gasteiger partial charge in [-0.3, -0.25) is 9.69 Å². The fourth-order valence-electron chi connectivity index (χ4n) is 3.75. The van der Waals surface area contributed by atoms with Crippen molar-refractivity contribution < 1.29 is 4.79 Å². The Hall–Kier alpha value is -2.14. The largest absolute Gasteiger partial charge is 0.326 e. The molecule has 3 aromatic rings. The molecule has 1 N–H and O–H groups in total. The monoisotopic (exact) mass is 410 g/mol. The number of nitrogens with one attached hydrogen (secondary N) is 1. The van der Waals surface area contributed by atoms with Crippen molar-refractivity contribution in [2.45, 2.75) is 19.4 Å². The molecule has 1 aliphatic heterocycles. The van der Waals surface area contributed by atoms with Crippen LogP contribution in [0.15, 0.2) is 66.0 Å². The summed E-state index contributed by atoms with van der Waals surface area (Å²) in [6.07, 6.45) is 1.97. The minimum Gasteiger partial charge on any atom is -0.326 e. The van der Waals surface area contributed by atoms with Gasteiger partial charge in [0, 0.05) is 28.7 Å². The topological polar surface area (TPSA) is 32.3 Å². The summed E-state index contributed by atoms with van der Waals surface area (Å²) in [6, 6.07) is 20.3. The van der Waals surface area contributed by atoms with E-state index in [0.29, 0.717) is 5.02 Å². The highest BCUT2D eigenvalue weighted by atomic mass is 35.5. The van der Waals surface area contributed by atoms with Crippen LogP contribution in [-0.4, -0.2) is 23.9 Å². The molecule has 0 spiro atoms. The molecule has 5 heteroatoms. The zero-order valence-electron chi connectivity index (χ0n) is 15.6. The molecule has 1 atom stereocenters. The Morgan fingerprint density at radius 3 is 2.86 bits per heavy atom. The first-order valence-corrected chi connectivity index (χ1v) is 10.8. The highest BCUT2D eigenvalue weighted by Gasteiger charge is 2.26. The van der Waals surface area contributed by atoms with Crippen LogP contribution < -0.4 is 5.32 Å². The fourth-order valence-corrected chi connectivity index (χ4v) is 4.66. The Morgan fingerprint density at radius 2 is 2.04 bits per heavy atom. The average molecular weight is 411 g/mol. The minimum absolute atomic E-state index is 0.00760. The molecular weight excluding hydrogens is 388 g/mol. The van der Waals surface area contributed by atoms with E-state index < -0.39 is 0 Å². The molecule has 1 aliphatic rings. The van der Waals surface area contributed by atoms with E-state index in [9.17, 15) is 4.79 Å². The average Bonchev–Trinajstić information content (AvgIpc) is 3.23.